The van der Waals surface area contributed by atoms with Crippen LogP contribution in [0, 0.1) is 0 Å². The fourth-order valence-corrected chi connectivity index (χ4v) is 3.06. The van der Waals surface area contributed by atoms with E-state index in [1.54, 1.807) is 0 Å². The summed E-state index contributed by atoms with van der Waals surface area (Å²) in [7, 11) is 0. The first-order valence-electron chi connectivity index (χ1n) is 7.72. The van der Waals surface area contributed by atoms with Crippen molar-refractivity contribution in [2.75, 3.05) is 25.4 Å². The highest BCUT2D eigenvalue weighted by molar-refractivity contribution is 6.30. The summed E-state index contributed by atoms with van der Waals surface area (Å²) in [6.45, 7) is 2.61. The third kappa shape index (κ3) is 3.83. The minimum absolute atomic E-state index is 0.138. The highest BCUT2D eigenvalue weighted by Gasteiger charge is 2.24. The van der Waals surface area contributed by atoms with Crippen molar-refractivity contribution in [2.24, 2.45) is 0 Å². The van der Waals surface area contributed by atoms with Crippen molar-refractivity contribution in [2.45, 2.75) is 18.9 Å². The van der Waals surface area contributed by atoms with Crippen LogP contribution in [0.3, 0.4) is 0 Å². The van der Waals surface area contributed by atoms with Gasteiger partial charge < -0.3 is 11.1 Å². The number of anilines is 1. The van der Waals surface area contributed by atoms with Gasteiger partial charge in [-0.15, -0.1) is 0 Å². The van der Waals surface area contributed by atoms with Crippen LogP contribution in [0.1, 0.15) is 34.9 Å². The summed E-state index contributed by atoms with van der Waals surface area (Å²) < 4.78 is 0. The van der Waals surface area contributed by atoms with E-state index in [9.17, 15) is 4.79 Å². The summed E-state index contributed by atoms with van der Waals surface area (Å²) in [5, 5.41) is 10.1. The van der Waals surface area contributed by atoms with E-state index in [0.29, 0.717) is 23.1 Å². The molecule has 0 aliphatic carbocycles. The summed E-state index contributed by atoms with van der Waals surface area (Å²) in [4.78, 5) is 14.6. The Labute approximate surface area is 140 Å². The quantitative estimate of drug-likeness (QED) is 0.783. The van der Waals surface area contributed by atoms with E-state index in [2.05, 4.69) is 20.4 Å². The van der Waals surface area contributed by atoms with E-state index in [1.165, 1.54) is 18.9 Å². The lowest BCUT2D eigenvalue weighted by Gasteiger charge is -2.28. The van der Waals surface area contributed by atoms with Crippen LogP contribution in [-0.2, 0) is 0 Å². The molecule has 23 heavy (non-hydrogen) atoms. The molecule has 1 fully saturated rings. The maximum Gasteiger partial charge on any atom is 0.269 e. The fraction of sp³-hybridized carbons (Fsp3) is 0.375. The number of likely N-dealkylation sites (tertiary alicyclic amines) is 1. The number of nitrogens with two attached hydrogens (primary N) is 1. The molecule has 0 bridgehead atoms. The van der Waals surface area contributed by atoms with E-state index in [1.807, 2.05) is 24.3 Å². The van der Waals surface area contributed by atoms with Gasteiger partial charge in [0.25, 0.3) is 5.91 Å². The lowest BCUT2D eigenvalue weighted by Crippen LogP contribution is -2.36. The molecular weight excluding hydrogens is 314 g/mol. The molecule has 1 amide bonds. The van der Waals surface area contributed by atoms with Gasteiger partial charge in [0.05, 0.1) is 6.04 Å². The number of aromatic amines is 1. The van der Waals surface area contributed by atoms with Gasteiger partial charge in [-0.05, 0) is 43.6 Å². The van der Waals surface area contributed by atoms with Gasteiger partial charge in [-0.3, -0.25) is 14.8 Å². The van der Waals surface area contributed by atoms with Crippen LogP contribution in [0.25, 0.3) is 0 Å². The van der Waals surface area contributed by atoms with Crippen molar-refractivity contribution in [1.82, 2.24) is 20.4 Å². The van der Waals surface area contributed by atoms with Crippen LogP contribution >= 0.6 is 11.6 Å². The molecule has 0 saturated carbocycles. The second kappa shape index (κ2) is 7.02. The SMILES string of the molecule is Nc1cc(C(=O)NCC(c2ccc(Cl)cc2)N2CCCC2)[nH]n1. The van der Waals surface area contributed by atoms with Gasteiger partial charge in [-0.2, -0.15) is 5.10 Å². The Bertz CT molecular complexity index is 663. The van der Waals surface area contributed by atoms with Gasteiger partial charge in [0.15, 0.2) is 0 Å². The molecule has 7 heteroatoms. The molecule has 1 unspecified atom stereocenters. The molecule has 1 aromatic heterocycles. The lowest BCUT2D eigenvalue weighted by atomic mass is 10.1. The van der Waals surface area contributed by atoms with Gasteiger partial charge >= 0.3 is 0 Å². The molecule has 1 saturated heterocycles. The number of benzene rings is 1. The molecular formula is C16H20ClN5O. The molecule has 3 rings (SSSR count). The average molecular weight is 334 g/mol. The number of amides is 1. The van der Waals surface area contributed by atoms with E-state index < -0.39 is 0 Å². The first-order chi connectivity index (χ1) is 11.1. The first kappa shape index (κ1) is 15.8. The maximum absolute atomic E-state index is 12.2. The van der Waals surface area contributed by atoms with Gasteiger partial charge in [0.2, 0.25) is 0 Å². The highest BCUT2D eigenvalue weighted by Crippen LogP contribution is 2.25. The molecule has 4 N–H and O–H groups in total. The van der Waals surface area contributed by atoms with Crippen molar-refractivity contribution in [3.63, 3.8) is 0 Å². The maximum atomic E-state index is 12.2. The summed E-state index contributed by atoms with van der Waals surface area (Å²) in [6, 6.07) is 9.48. The third-order valence-corrected chi connectivity index (χ3v) is 4.39. The van der Waals surface area contributed by atoms with E-state index in [0.717, 1.165) is 18.7 Å². The smallest absolute Gasteiger partial charge is 0.269 e. The number of nitrogen functional groups attached to an aromatic ring is 1. The summed E-state index contributed by atoms with van der Waals surface area (Å²) in [6.07, 6.45) is 2.38. The molecule has 2 heterocycles. The van der Waals surface area contributed by atoms with Crippen LogP contribution < -0.4 is 11.1 Å². The Morgan fingerprint density at radius 1 is 1.35 bits per heavy atom. The van der Waals surface area contributed by atoms with Crippen molar-refractivity contribution < 1.29 is 4.79 Å². The van der Waals surface area contributed by atoms with Crippen LogP contribution in [0.5, 0.6) is 0 Å². The topological polar surface area (TPSA) is 87.0 Å². The van der Waals surface area contributed by atoms with Crippen LogP contribution in [0.15, 0.2) is 30.3 Å². The van der Waals surface area contributed by atoms with Gasteiger partial charge in [-0.1, -0.05) is 23.7 Å². The second-order valence-corrected chi connectivity index (χ2v) is 6.16. The molecule has 1 aromatic carbocycles. The number of nitrogens with one attached hydrogen (secondary N) is 2. The Morgan fingerprint density at radius 2 is 2.04 bits per heavy atom. The van der Waals surface area contributed by atoms with Crippen LogP contribution in [0.4, 0.5) is 5.82 Å². The molecule has 122 valence electrons. The summed E-state index contributed by atoms with van der Waals surface area (Å²) in [5.74, 6) is 0.108. The average Bonchev–Trinajstić information content (AvgIpc) is 3.21. The predicted molar refractivity (Wildman–Crippen MR) is 90.3 cm³/mol. The summed E-state index contributed by atoms with van der Waals surface area (Å²) in [5.41, 5.74) is 7.06. The number of nitrogens with zero attached hydrogens (tertiary/aromatic N) is 2. The number of hydrogen-bond acceptors (Lipinski definition) is 4. The zero-order valence-electron chi connectivity index (χ0n) is 12.8. The second-order valence-electron chi connectivity index (χ2n) is 5.73. The van der Waals surface area contributed by atoms with Gasteiger partial charge in [0.1, 0.15) is 11.5 Å². The molecule has 2 aromatic rings. The normalized spacial score (nSPS) is 16.4. The molecule has 0 spiro atoms. The summed E-state index contributed by atoms with van der Waals surface area (Å²) >= 11 is 5.98. The van der Waals surface area contributed by atoms with Crippen molar-refractivity contribution >= 4 is 23.3 Å². The van der Waals surface area contributed by atoms with Crippen molar-refractivity contribution in [3.8, 4) is 0 Å². The van der Waals surface area contributed by atoms with Gasteiger partial charge in [0, 0.05) is 17.6 Å². The number of aromatic nitrogens is 2. The van der Waals surface area contributed by atoms with Crippen LogP contribution in [0.2, 0.25) is 5.02 Å². The number of rotatable bonds is 5. The number of H-pyrrole nitrogens is 1. The monoisotopic (exact) mass is 333 g/mol. The molecule has 1 aliphatic rings. The third-order valence-electron chi connectivity index (χ3n) is 4.13. The standard InChI is InChI=1S/C16H20ClN5O/c17-12-5-3-11(4-6-12)14(22-7-1-2-8-22)10-19-16(23)13-9-15(18)21-20-13/h3-6,9,14H,1-2,7-8,10H2,(H,19,23)(H3,18,20,21). The lowest BCUT2D eigenvalue weighted by molar-refractivity contribution is 0.0933. The molecule has 1 aliphatic heterocycles. The fourth-order valence-electron chi connectivity index (χ4n) is 2.93. The number of hydrogen-bond donors (Lipinski definition) is 3. The number of carbonyl (C=O) groups excluding carboxylic acids is 1. The Morgan fingerprint density at radius 3 is 2.65 bits per heavy atom. The van der Waals surface area contributed by atoms with E-state index >= 15 is 0 Å². The van der Waals surface area contributed by atoms with Crippen molar-refractivity contribution in [3.05, 3.63) is 46.6 Å². The minimum Gasteiger partial charge on any atom is -0.382 e. The molecule has 1 atom stereocenters. The van der Waals surface area contributed by atoms with Crippen LogP contribution in [-0.4, -0.2) is 40.6 Å². The number of halogens is 1. The number of carbonyl (C=O) groups is 1. The Kier molecular flexibility index (Phi) is 4.83. The minimum atomic E-state index is -0.202. The van der Waals surface area contributed by atoms with E-state index in [-0.39, 0.29) is 11.9 Å². The largest absolute Gasteiger partial charge is 0.382 e. The van der Waals surface area contributed by atoms with Crippen molar-refractivity contribution in [1.29, 1.82) is 0 Å². The molecule has 0 radical (unpaired) electrons. The van der Waals surface area contributed by atoms with E-state index in [4.69, 9.17) is 17.3 Å². The zero-order valence-corrected chi connectivity index (χ0v) is 13.5. The zero-order chi connectivity index (χ0) is 16.2. The first-order valence-corrected chi connectivity index (χ1v) is 8.10. The molecule has 6 nitrogen and oxygen atoms in total. The van der Waals surface area contributed by atoms with Gasteiger partial charge in [-0.25, -0.2) is 0 Å². The Hall–Kier alpha value is -2.05. The highest BCUT2D eigenvalue weighted by atomic mass is 35.5. The Balaban J connectivity index is 1.71. The predicted octanol–water partition coefficient (Wildman–Crippen LogP) is 2.21.